The standard InChI is InChI=1S/C14H30N2/c1-13(2)11-9-7-5-3-4-6-8-10-12-14(13,15)16/h3-12,15-16H2,1-2H3. The second kappa shape index (κ2) is 6.02. The number of rotatable bonds is 0. The Balaban J connectivity index is 2.54. The average Bonchev–Trinajstić information content (AvgIpc) is 2.19. The summed E-state index contributed by atoms with van der Waals surface area (Å²) in [6.45, 7) is 4.47. The van der Waals surface area contributed by atoms with E-state index in [1.165, 1.54) is 57.8 Å². The highest BCUT2D eigenvalue weighted by Crippen LogP contribution is 2.35. The molecule has 0 saturated heterocycles. The second-order valence-electron chi connectivity index (χ2n) is 6.25. The van der Waals surface area contributed by atoms with Crippen LogP contribution in [-0.4, -0.2) is 5.66 Å². The van der Waals surface area contributed by atoms with Crippen LogP contribution in [0, 0.1) is 5.41 Å². The maximum absolute atomic E-state index is 6.31. The first-order chi connectivity index (χ1) is 7.46. The molecule has 0 aliphatic heterocycles. The Bertz CT molecular complexity index is 175. The SMILES string of the molecule is CC1(C)CCCCCCCCCCC1(N)N. The monoisotopic (exact) mass is 226 g/mol. The molecule has 2 nitrogen and oxygen atoms in total. The van der Waals surface area contributed by atoms with Crippen molar-refractivity contribution in [1.82, 2.24) is 0 Å². The molecule has 0 amide bonds. The lowest BCUT2D eigenvalue weighted by Gasteiger charge is -2.41. The molecule has 4 N–H and O–H groups in total. The van der Waals surface area contributed by atoms with E-state index in [1.807, 2.05) is 0 Å². The lowest BCUT2D eigenvalue weighted by atomic mass is 9.73. The Morgan fingerprint density at radius 3 is 1.50 bits per heavy atom. The molecule has 96 valence electrons. The second-order valence-corrected chi connectivity index (χ2v) is 6.25. The summed E-state index contributed by atoms with van der Waals surface area (Å²) in [6.07, 6.45) is 12.8. The summed E-state index contributed by atoms with van der Waals surface area (Å²) in [5.74, 6) is 0. The van der Waals surface area contributed by atoms with E-state index in [2.05, 4.69) is 13.8 Å². The molecule has 0 aromatic rings. The fraction of sp³-hybridized carbons (Fsp3) is 1.00. The maximum atomic E-state index is 6.31. The summed E-state index contributed by atoms with van der Waals surface area (Å²) >= 11 is 0. The van der Waals surface area contributed by atoms with Crippen molar-refractivity contribution in [2.24, 2.45) is 16.9 Å². The van der Waals surface area contributed by atoms with E-state index in [0.717, 1.165) is 6.42 Å². The van der Waals surface area contributed by atoms with Crippen LogP contribution in [0.25, 0.3) is 0 Å². The van der Waals surface area contributed by atoms with Crippen molar-refractivity contribution in [1.29, 1.82) is 0 Å². The van der Waals surface area contributed by atoms with E-state index >= 15 is 0 Å². The molecular formula is C14H30N2. The third-order valence-electron chi connectivity index (χ3n) is 4.40. The van der Waals surface area contributed by atoms with Crippen LogP contribution in [0.4, 0.5) is 0 Å². The van der Waals surface area contributed by atoms with Gasteiger partial charge in [-0.05, 0) is 18.3 Å². The van der Waals surface area contributed by atoms with Gasteiger partial charge in [0.2, 0.25) is 0 Å². The van der Waals surface area contributed by atoms with Crippen LogP contribution in [0.2, 0.25) is 0 Å². The summed E-state index contributed by atoms with van der Waals surface area (Å²) in [7, 11) is 0. The first-order valence-electron chi connectivity index (χ1n) is 7.03. The fourth-order valence-electron chi connectivity index (χ4n) is 2.62. The van der Waals surface area contributed by atoms with Gasteiger partial charge in [-0.25, -0.2) is 0 Å². The minimum atomic E-state index is -0.480. The smallest absolute Gasteiger partial charge is 0.0689 e. The lowest BCUT2D eigenvalue weighted by Crippen LogP contribution is -2.60. The van der Waals surface area contributed by atoms with Crippen molar-refractivity contribution < 1.29 is 0 Å². The third-order valence-corrected chi connectivity index (χ3v) is 4.40. The molecule has 0 bridgehead atoms. The van der Waals surface area contributed by atoms with Crippen molar-refractivity contribution in [2.45, 2.75) is 83.7 Å². The van der Waals surface area contributed by atoms with E-state index in [9.17, 15) is 0 Å². The lowest BCUT2D eigenvalue weighted by molar-refractivity contribution is 0.135. The van der Waals surface area contributed by atoms with Gasteiger partial charge in [0.25, 0.3) is 0 Å². The van der Waals surface area contributed by atoms with E-state index in [1.54, 1.807) is 0 Å². The van der Waals surface area contributed by atoms with Crippen molar-refractivity contribution in [2.75, 3.05) is 0 Å². The summed E-state index contributed by atoms with van der Waals surface area (Å²) in [5, 5.41) is 0. The topological polar surface area (TPSA) is 52.0 Å². The molecule has 0 aromatic carbocycles. The van der Waals surface area contributed by atoms with Crippen LogP contribution in [0.1, 0.15) is 78.1 Å². The summed E-state index contributed by atoms with van der Waals surface area (Å²) < 4.78 is 0. The maximum Gasteiger partial charge on any atom is 0.0689 e. The molecule has 1 rings (SSSR count). The van der Waals surface area contributed by atoms with Gasteiger partial charge in [-0.3, -0.25) is 0 Å². The molecule has 0 heterocycles. The van der Waals surface area contributed by atoms with Crippen LogP contribution in [0.5, 0.6) is 0 Å². The summed E-state index contributed by atoms with van der Waals surface area (Å²) in [5.41, 5.74) is 12.2. The van der Waals surface area contributed by atoms with E-state index in [4.69, 9.17) is 11.5 Å². The van der Waals surface area contributed by atoms with Crippen LogP contribution < -0.4 is 11.5 Å². The van der Waals surface area contributed by atoms with Gasteiger partial charge in [-0.15, -0.1) is 0 Å². The van der Waals surface area contributed by atoms with Gasteiger partial charge >= 0.3 is 0 Å². The van der Waals surface area contributed by atoms with Gasteiger partial charge in [0.1, 0.15) is 0 Å². The largest absolute Gasteiger partial charge is 0.313 e. The predicted molar refractivity (Wildman–Crippen MR) is 71.1 cm³/mol. The van der Waals surface area contributed by atoms with Gasteiger partial charge in [-0.1, -0.05) is 65.2 Å². The molecule has 0 atom stereocenters. The van der Waals surface area contributed by atoms with Crippen LogP contribution in [0.15, 0.2) is 0 Å². The Labute approximate surface area is 101 Å². The Hall–Kier alpha value is -0.0800. The summed E-state index contributed by atoms with van der Waals surface area (Å²) in [6, 6.07) is 0. The highest BCUT2D eigenvalue weighted by Gasteiger charge is 2.37. The van der Waals surface area contributed by atoms with Gasteiger partial charge in [0, 0.05) is 0 Å². The Morgan fingerprint density at radius 2 is 1.00 bits per heavy atom. The molecule has 0 spiro atoms. The van der Waals surface area contributed by atoms with Crippen LogP contribution in [0.3, 0.4) is 0 Å². The van der Waals surface area contributed by atoms with Crippen molar-refractivity contribution in [3.05, 3.63) is 0 Å². The summed E-state index contributed by atoms with van der Waals surface area (Å²) in [4.78, 5) is 0. The molecular weight excluding hydrogens is 196 g/mol. The zero-order valence-corrected chi connectivity index (χ0v) is 11.2. The van der Waals surface area contributed by atoms with Crippen molar-refractivity contribution >= 4 is 0 Å². The Kier molecular flexibility index (Phi) is 5.26. The number of nitrogens with two attached hydrogens (primary N) is 2. The Morgan fingerprint density at radius 1 is 0.625 bits per heavy atom. The van der Waals surface area contributed by atoms with Gasteiger partial charge in [-0.2, -0.15) is 0 Å². The molecule has 1 aliphatic carbocycles. The zero-order chi connectivity index (χ0) is 12.1. The number of hydrogen-bond donors (Lipinski definition) is 2. The molecule has 1 saturated carbocycles. The molecule has 1 aliphatic rings. The highest BCUT2D eigenvalue weighted by molar-refractivity contribution is 4.92. The predicted octanol–water partition coefficient (Wildman–Crippen LogP) is 3.54. The van der Waals surface area contributed by atoms with Gasteiger partial charge < -0.3 is 11.5 Å². The van der Waals surface area contributed by atoms with E-state index in [0.29, 0.717) is 0 Å². The first-order valence-corrected chi connectivity index (χ1v) is 7.03. The van der Waals surface area contributed by atoms with Crippen LogP contribution in [-0.2, 0) is 0 Å². The molecule has 0 aromatic heterocycles. The van der Waals surface area contributed by atoms with Crippen molar-refractivity contribution in [3.8, 4) is 0 Å². The van der Waals surface area contributed by atoms with E-state index < -0.39 is 5.66 Å². The van der Waals surface area contributed by atoms with Gasteiger partial charge in [0.05, 0.1) is 5.66 Å². The average molecular weight is 226 g/mol. The molecule has 16 heavy (non-hydrogen) atoms. The minimum Gasteiger partial charge on any atom is -0.313 e. The third kappa shape index (κ3) is 4.06. The van der Waals surface area contributed by atoms with Crippen LogP contribution >= 0.6 is 0 Å². The number of hydrogen-bond acceptors (Lipinski definition) is 2. The fourth-order valence-corrected chi connectivity index (χ4v) is 2.62. The minimum absolute atomic E-state index is 0.0756. The normalized spacial score (nSPS) is 27.8. The molecule has 0 radical (unpaired) electrons. The first kappa shape index (κ1) is 14.0. The molecule has 0 unspecified atom stereocenters. The zero-order valence-electron chi connectivity index (χ0n) is 11.2. The molecule has 2 heteroatoms. The highest BCUT2D eigenvalue weighted by atomic mass is 15.0. The quantitative estimate of drug-likeness (QED) is 0.621. The van der Waals surface area contributed by atoms with Gasteiger partial charge in [0.15, 0.2) is 0 Å². The molecule has 1 fully saturated rings. The van der Waals surface area contributed by atoms with Crippen molar-refractivity contribution in [3.63, 3.8) is 0 Å². The van der Waals surface area contributed by atoms with E-state index in [-0.39, 0.29) is 5.41 Å².